The molecule has 0 aromatic rings. The molecule has 0 fully saturated rings. The van der Waals surface area contributed by atoms with Crippen LogP contribution >= 0.6 is 0 Å². The molecule has 0 bridgehead atoms. The molecule has 206 valence electrons. The van der Waals surface area contributed by atoms with Gasteiger partial charge in [0.05, 0.1) is 6.04 Å². The molecule has 0 saturated carbocycles. The van der Waals surface area contributed by atoms with E-state index in [4.69, 9.17) is 19.6 Å². The van der Waals surface area contributed by atoms with Crippen LogP contribution in [0.1, 0.15) is 85.0 Å². The number of carbonyl (C=O) groups is 3. The second-order valence-corrected chi connectivity index (χ2v) is 9.14. The van der Waals surface area contributed by atoms with Crippen LogP contribution in [0, 0.1) is 11.3 Å². The molecule has 1 amide bonds. The van der Waals surface area contributed by atoms with E-state index in [1.807, 2.05) is 0 Å². The Bertz CT molecular complexity index is 727. The molecule has 5 atom stereocenters. The van der Waals surface area contributed by atoms with Crippen molar-refractivity contribution in [1.82, 2.24) is 5.32 Å². The number of rotatable bonds is 19. The number of ether oxygens (including phenoxy) is 3. The van der Waals surface area contributed by atoms with Gasteiger partial charge in [0, 0.05) is 32.1 Å². The van der Waals surface area contributed by atoms with Gasteiger partial charge in [-0.25, -0.2) is 4.79 Å². The van der Waals surface area contributed by atoms with E-state index in [0.717, 1.165) is 25.5 Å². The lowest BCUT2D eigenvalue weighted by Gasteiger charge is -2.40. The lowest BCUT2D eigenvalue weighted by atomic mass is 9.87. The van der Waals surface area contributed by atoms with Crippen molar-refractivity contribution < 1.29 is 38.8 Å². The maximum Gasteiger partial charge on any atom is 0.370 e. The number of aliphatic carboxylic acids is 1. The molecule has 0 saturated heterocycles. The van der Waals surface area contributed by atoms with E-state index in [1.54, 1.807) is 6.92 Å². The van der Waals surface area contributed by atoms with Crippen molar-refractivity contribution in [2.24, 2.45) is 5.92 Å². The highest BCUT2D eigenvalue weighted by molar-refractivity contribution is 5.86. The first-order valence-electron chi connectivity index (χ1n) is 13.1. The van der Waals surface area contributed by atoms with Crippen LogP contribution in [0.3, 0.4) is 0 Å². The Hall–Kier alpha value is -2.46. The van der Waals surface area contributed by atoms with Gasteiger partial charge < -0.3 is 35.1 Å². The second kappa shape index (κ2) is 17.9. The number of carbonyl (C=O) groups excluding carboxylic acids is 2. The number of esters is 1. The van der Waals surface area contributed by atoms with E-state index >= 15 is 0 Å². The molecular formula is C26H44N2O8. The van der Waals surface area contributed by atoms with Crippen LogP contribution < -0.4 is 5.32 Å². The molecule has 36 heavy (non-hydrogen) atoms. The van der Waals surface area contributed by atoms with Crippen LogP contribution in [0.15, 0.2) is 11.8 Å². The molecule has 0 aromatic carbocycles. The molecule has 0 radical (unpaired) electrons. The summed E-state index contributed by atoms with van der Waals surface area (Å²) in [6, 6.07) is -0.855. The highest BCUT2D eigenvalue weighted by Crippen LogP contribution is 2.27. The van der Waals surface area contributed by atoms with Gasteiger partial charge in [0.25, 0.3) is 0 Å². The number of hydrogen-bond acceptors (Lipinski definition) is 8. The standard InChI is InChI=1S/C26H44N2O8/c1-4-6-7-8-9-10-11-12-13-14-22(31)35-17-20(30)24(34-5-2)25-23(28-18(3)29)19(16-27)15-21(36-25)26(32)33/h15-16,19-20,23-25,27,30H,4-14,17H2,1-3H3,(H,28,29)(H,32,33)/t19-,20?,23?,24?,25-/m1/s1. The van der Waals surface area contributed by atoms with Gasteiger partial charge in [-0.3, -0.25) is 9.59 Å². The molecule has 0 aromatic heterocycles. The lowest BCUT2D eigenvalue weighted by molar-refractivity contribution is -0.163. The van der Waals surface area contributed by atoms with Gasteiger partial charge in [-0.15, -0.1) is 0 Å². The normalized spacial score (nSPS) is 21.0. The molecule has 1 heterocycles. The fourth-order valence-corrected chi connectivity index (χ4v) is 4.26. The molecule has 0 spiro atoms. The molecule has 1 rings (SSSR count). The maximum absolute atomic E-state index is 12.2. The van der Waals surface area contributed by atoms with Crippen molar-refractivity contribution in [3.05, 3.63) is 11.8 Å². The zero-order valence-electron chi connectivity index (χ0n) is 21.9. The molecule has 1 aliphatic heterocycles. The first kappa shape index (κ1) is 31.6. The number of nitrogens with one attached hydrogen (secondary N) is 2. The Kier molecular flexibility index (Phi) is 15.7. The third-order valence-electron chi connectivity index (χ3n) is 6.11. The van der Waals surface area contributed by atoms with Crippen LogP contribution in [0.5, 0.6) is 0 Å². The summed E-state index contributed by atoms with van der Waals surface area (Å²) in [5, 5.41) is 30.5. The average Bonchev–Trinajstić information content (AvgIpc) is 2.84. The Morgan fingerprint density at radius 2 is 1.72 bits per heavy atom. The van der Waals surface area contributed by atoms with Crippen molar-refractivity contribution in [3.63, 3.8) is 0 Å². The van der Waals surface area contributed by atoms with E-state index < -0.39 is 53.9 Å². The monoisotopic (exact) mass is 512 g/mol. The van der Waals surface area contributed by atoms with Gasteiger partial charge in [-0.1, -0.05) is 58.3 Å². The molecule has 0 aliphatic carbocycles. The van der Waals surface area contributed by atoms with Crippen LogP contribution in [0.2, 0.25) is 0 Å². The Morgan fingerprint density at radius 1 is 1.11 bits per heavy atom. The molecule has 10 nitrogen and oxygen atoms in total. The zero-order chi connectivity index (χ0) is 26.9. The molecule has 4 N–H and O–H groups in total. The predicted octanol–water partition coefficient (Wildman–Crippen LogP) is 3.35. The average molecular weight is 513 g/mol. The second-order valence-electron chi connectivity index (χ2n) is 9.14. The van der Waals surface area contributed by atoms with Crippen molar-refractivity contribution in [2.75, 3.05) is 13.2 Å². The molecular weight excluding hydrogens is 468 g/mol. The van der Waals surface area contributed by atoms with Crippen molar-refractivity contribution in [3.8, 4) is 0 Å². The zero-order valence-corrected chi connectivity index (χ0v) is 21.9. The van der Waals surface area contributed by atoms with Gasteiger partial charge >= 0.3 is 11.9 Å². The Labute approximate surface area is 214 Å². The van der Waals surface area contributed by atoms with E-state index in [2.05, 4.69) is 12.2 Å². The van der Waals surface area contributed by atoms with Gasteiger partial charge in [-0.05, 0) is 19.4 Å². The molecule has 3 unspecified atom stereocenters. The quantitative estimate of drug-likeness (QED) is 0.117. The first-order valence-corrected chi connectivity index (χ1v) is 13.1. The minimum Gasteiger partial charge on any atom is -0.478 e. The minimum absolute atomic E-state index is 0.155. The predicted molar refractivity (Wildman–Crippen MR) is 135 cm³/mol. The first-order chi connectivity index (χ1) is 17.2. The van der Waals surface area contributed by atoms with E-state index in [9.17, 15) is 24.6 Å². The SMILES string of the molecule is CCCCCCCCCCCC(=O)OCC(O)C(OCC)[C@@H]1OC(C(=O)O)=C[C@H](C=N)C1NC(C)=O. The van der Waals surface area contributed by atoms with Gasteiger partial charge in [0.1, 0.15) is 24.9 Å². The number of carboxylic acid groups (broad SMARTS) is 1. The van der Waals surface area contributed by atoms with Crippen molar-refractivity contribution >= 4 is 24.1 Å². The topological polar surface area (TPSA) is 155 Å². The summed E-state index contributed by atoms with van der Waals surface area (Å²) in [4.78, 5) is 35.5. The fraction of sp³-hybridized carbons (Fsp3) is 0.769. The van der Waals surface area contributed by atoms with E-state index in [-0.39, 0.29) is 19.6 Å². The Morgan fingerprint density at radius 3 is 2.25 bits per heavy atom. The molecule has 1 aliphatic rings. The number of aliphatic hydroxyl groups excluding tert-OH is 1. The van der Waals surface area contributed by atoms with E-state index in [0.29, 0.717) is 6.42 Å². The third kappa shape index (κ3) is 11.5. The van der Waals surface area contributed by atoms with Crippen molar-refractivity contribution in [1.29, 1.82) is 5.41 Å². The fourth-order valence-electron chi connectivity index (χ4n) is 4.26. The number of hydrogen-bond donors (Lipinski definition) is 4. The van der Waals surface area contributed by atoms with Crippen LogP contribution in [-0.2, 0) is 28.6 Å². The number of carboxylic acids is 1. The van der Waals surface area contributed by atoms with Crippen LogP contribution in [0.25, 0.3) is 0 Å². The maximum atomic E-state index is 12.2. The van der Waals surface area contributed by atoms with Gasteiger partial charge in [0.15, 0.2) is 0 Å². The minimum atomic E-state index is -1.34. The number of unbranched alkanes of at least 4 members (excludes halogenated alkanes) is 8. The highest BCUT2D eigenvalue weighted by Gasteiger charge is 2.44. The summed E-state index contributed by atoms with van der Waals surface area (Å²) in [5.41, 5.74) is 0. The summed E-state index contributed by atoms with van der Waals surface area (Å²) in [6.07, 6.45) is 9.06. The van der Waals surface area contributed by atoms with Crippen LogP contribution in [-0.4, -0.2) is 71.8 Å². The van der Waals surface area contributed by atoms with Gasteiger partial charge in [-0.2, -0.15) is 0 Å². The lowest BCUT2D eigenvalue weighted by Crippen LogP contribution is -2.59. The summed E-state index contributed by atoms with van der Waals surface area (Å²) >= 11 is 0. The summed E-state index contributed by atoms with van der Waals surface area (Å²) in [6.45, 7) is 4.96. The van der Waals surface area contributed by atoms with Crippen LogP contribution in [0.4, 0.5) is 0 Å². The summed E-state index contributed by atoms with van der Waals surface area (Å²) < 4.78 is 16.5. The number of amides is 1. The van der Waals surface area contributed by atoms with Crippen molar-refractivity contribution in [2.45, 2.75) is 109 Å². The molecule has 10 heteroatoms. The van der Waals surface area contributed by atoms with Gasteiger partial charge in [0.2, 0.25) is 11.7 Å². The smallest absolute Gasteiger partial charge is 0.370 e. The number of aliphatic hydroxyl groups is 1. The Balaban J connectivity index is 2.64. The largest absolute Gasteiger partial charge is 0.478 e. The van der Waals surface area contributed by atoms with E-state index in [1.165, 1.54) is 45.1 Å². The summed E-state index contributed by atoms with van der Waals surface area (Å²) in [5.74, 6) is -3.38. The summed E-state index contributed by atoms with van der Waals surface area (Å²) in [7, 11) is 0. The highest BCUT2D eigenvalue weighted by atomic mass is 16.6. The third-order valence-corrected chi connectivity index (χ3v) is 6.11.